The molecule has 84 valence electrons. The molecule has 1 aromatic rings. The third kappa shape index (κ3) is 4.58. The minimum Gasteiger partial charge on any atom is -0.309 e. The van der Waals surface area contributed by atoms with E-state index in [9.17, 15) is 0 Å². The molecular formula is C12H18BrNS. The van der Waals surface area contributed by atoms with Crippen LogP contribution in [0.3, 0.4) is 0 Å². The smallest absolute Gasteiger partial charge is 0.0292 e. The fourth-order valence-corrected chi connectivity index (χ4v) is 1.82. The zero-order valence-electron chi connectivity index (χ0n) is 9.46. The van der Waals surface area contributed by atoms with Gasteiger partial charge in [0.15, 0.2) is 0 Å². The van der Waals surface area contributed by atoms with Crippen molar-refractivity contribution in [3.63, 3.8) is 0 Å². The van der Waals surface area contributed by atoms with Gasteiger partial charge >= 0.3 is 0 Å². The number of rotatable bonds is 5. The molecule has 0 aliphatic carbocycles. The maximum absolute atomic E-state index is 3.53. The molecule has 0 heterocycles. The molecule has 2 unspecified atom stereocenters. The molecule has 1 N–H and O–H groups in total. The molecule has 1 aromatic carbocycles. The first-order valence-corrected chi connectivity index (χ1v) is 7.23. The van der Waals surface area contributed by atoms with Crippen LogP contribution >= 0.6 is 27.7 Å². The normalized spacial score (nSPS) is 14.9. The van der Waals surface area contributed by atoms with E-state index in [4.69, 9.17) is 0 Å². The molecular weight excluding hydrogens is 270 g/mol. The van der Waals surface area contributed by atoms with Gasteiger partial charge in [-0.25, -0.2) is 0 Å². The van der Waals surface area contributed by atoms with Crippen molar-refractivity contribution in [2.24, 2.45) is 0 Å². The fraction of sp³-hybridized carbons (Fsp3) is 0.500. The zero-order chi connectivity index (χ0) is 11.3. The predicted molar refractivity (Wildman–Crippen MR) is 73.5 cm³/mol. The average molecular weight is 288 g/mol. The van der Waals surface area contributed by atoms with E-state index in [0.717, 1.165) is 11.0 Å². The van der Waals surface area contributed by atoms with Crippen molar-refractivity contribution in [2.75, 3.05) is 12.8 Å². The Morgan fingerprint density at radius 1 is 1.27 bits per heavy atom. The van der Waals surface area contributed by atoms with Crippen LogP contribution in [0, 0.1) is 0 Å². The molecule has 0 fully saturated rings. The van der Waals surface area contributed by atoms with E-state index >= 15 is 0 Å². The molecule has 2 atom stereocenters. The van der Waals surface area contributed by atoms with Gasteiger partial charge < -0.3 is 5.32 Å². The number of thioether (sulfide) groups is 1. The highest BCUT2D eigenvalue weighted by atomic mass is 79.9. The van der Waals surface area contributed by atoms with Crippen LogP contribution in [-0.2, 0) is 0 Å². The van der Waals surface area contributed by atoms with Gasteiger partial charge in [0, 0.05) is 22.3 Å². The summed E-state index contributed by atoms with van der Waals surface area (Å²) in [7, 11) is 0. The van der Waals surface area contributed by atoms with Crippen LogP contribution in [0.1, 0.15) is 25.5 Å². The monoisotopic (exact) mass is 287 g/mol. The van der Waals surface area contributed by atoms with Crippen molar-refractivity contribution in [3.05, 3.63) is 34.3 Å². The number of nitrogens with one attached hydrogen (secondary N) is 1. The van der Waals surface area contributed by atoms with Gasteiger partial charge in [-0.1, -0.05) is 35.0 Å². The summed E-state index contributed by atoms with van der Waals surface area (Å²) in [6, 6.07) is 8.92. The molecule has 1 rings (SSSR count). The summed E-state index contributed by atoms with van der Waals surface area (Å²) in [4.78, 5) is 0. The molecule has 0 spiro atoms. The summed E-state index contributed by atoms with van der Waals surface area (Å²) in [5.41, 5.74) is 1.34. The van der Waals surface area contributed by atoms with E-state index in [0.29, 0.717) is 11.3 Å². The SMILES string of the molecule is CSC(C)CNC(C)c1ccc(Br)cc1. The van der Waals surface area contributed by atoms with Crippen LogP contribution in [-0.4, -0.2) is 18.1 Å². The molecule has 0 aliphatic rings. The van der Waals surface area contributed by atoms with E-state index in [-0.39, 0.29) is 0 Å². The maximum Gasteiger partial charge on any atom is 0.0292 e. The Balaban J connectivity index is 2.46. The lowest BCUT2D eigenvalue weighted by molar-refractivity contribution is 0.576. The molecule has 0 radical (unpaired) electrons. The van der Waals surface area contributed by atoms with Crippen LogP contribution in [0.4, 0.5) is 0 Å². The molecule has 0 aliphatic heterocycles. The van der Waals surface area contributed by atoms with E-state index in [1.807, 2.05) is 11.8 Å². The highest BCUT2D eigenvalue weighted by molar-refractivity contribution is 9.10. The van der Waals surface area contributed by atoms with Gasteiger partial charge in [0.1, 0.15) is 0 Å². The van der Waals surface area contributed by atoms with E-state index in [2.05, 4.69) is 65.6 Å². The number of hydrogen-bond acceptors (Lipinski definition) is 2. The van der Waals surface area contributed by atoms with Crippen molar-refractivity contribution >= 4 is 27.7 Å². The maximum atomic E-state index is 3.53. The lowest BCUT2D eigenvalue weighted by atomic mass is 10.1. The Hall–Kier alpha value is 0.01000. The summed E-state index contributed by atoms with van der Waals surface area (Å²) in [5, 5.41) is 4.20. The predicted octanol–water partition coefficient (Wildman–Crippen LogP) is 3.85. The summed E-state index contributed by atoms with van der Waals surface area (Å²) in [5.74, 6) is 0. The van der Waals surface area contributed by atoms with Crippen LogP contribution in [0.25, 0.3) is 0 Å². The van der Waals surface area contributed by atoms with Crippen LogP contribution in [0.2, 0.25) is 0 Å². The molecule has 1 nitrogen and oxygen atoms in total. The third-order valence-corrected chi connectivity index (χ3v) is 3.98. The van der Waals surface area contributed by atoms with Gasteiger partial charge in [-0.15, -0.1) is 0 Å². The molecule has 0 aromatic heterocycles. The molecule has 0 saturated carbocycles. The van der Waals surface area contributed by atoms with Gasteiger partial charge in [0.2, 0.25) is 0 Å². The highest BCUT2D eigenvalue weighted by Gasteiger charge is 2.06. The summed E-state index contributed by atoms with van der Waals surface area (Å²) in [6.07, 6.45) is 2.15. The van der Waals surface area contributed by atoms with Crippen molar-refractivity contribution in [1.82, 2.24) is 5.32 Å². The van der Waals surface area contributed by atoms with Crippen molar-refractivity contribution in [2.45, 2.75) is 25.1 Å². The van der Waals surface area contributed by atoms with E-state index in [1.165, 1.54) is 5.56 Å². The van der Waals surface area contributed by atoms with Crippen molar-refractivity contribution in [1.29, 1.82) is 0 Å². The quantitative estimate of drug-likeness (QED) is 0.883. The molecule has 0 saturated heterocycles. The Labute approximate surface area is 105 Å². The lowest BCUT2D eigenvalue weighted by Gasteiger charge is -2.16. The van der Waals surface area contributed by atoms with Crippen LogP contribution < -0.4 is 5.32 Å². The van der Waals surface area contributed by atoms with E-state index in [1.54, 1.807) is 0 Å². The van der Waals surface area contributed by atoms with E-state index < -0.39 is 0 Å². The Kier molecular flexibility index (Phi) is 5.72. The molecule has 15 heavy (non-hydrogen) atoms. The number of benzene rings is 1. The summed E-state index contributed by atoms with van der Waals surface area (Å²) in [6.45, 7) is 5.50. The Bertz CT molecular complexity index is 286. The first kappa shape index (κ1) is 13.1. The number of hydrogen-bond donors (Lipinski definition) is 1. The zero-order valence-corrected chi connectivity index (χ0v) is 11.9. The largest absolute Gasteiger partial charge is 0.309 e. The lowest BCUT2D eigenvalue weighted by Crippen LogP contribution is -2.25. The fourth-order valence-electron chi connectivity index (χ4n) is 1.30. The number of halogens is 1. The Morgan fingerprint density at radius 2 is 1.87 bits per heavy atom. The first-order chi connectivity index (χ1) is 7.13. The van der Waals surface area contributed by atoms with Gasteiger partial charge in [-0.05, 0) is 30.9 Å². The molecule has 0 amide bonds. The average Bonchev–Trinajstić information content (AvgIpc) is 2.26. The first-order valence-electron chi connectivity index (χ1n) is 5.15. The van der Waals surface area contributed by atoms with Crippen molar-refractivity contribution in [3.8, 4) is 0 Å². The highest BCUT2D eigenvalue weighted by Crippen LogP contribution is 2.16. The second-order valence-electron chi connectivity index (χ2n) is 3.73. The summed E-state index contributed by atoms with van der Waals surface area (Å²) >= 11 is 5.34. The van der Waals surface area contributed by atoms with Crippen LogP contribution in [0.5, 0.6) is 0 Å². The minimum absolute atomic E-state index is 0.424. The molecule has 3 heteroatoms. The third-order valence-electron chi connectivity index (χ3n) is 2.48. The van der Waals surface area contributed by atoms with Gasteiger partial charge in [0.25, 0.3) is 0 Å². The second-order valence-corrected chi connectivity index (χ2v) is 5.92. The summed E-state index contributed by atoms with van der Waals surface area (Å²) < 4.78 is 1.14. The minimum atomic E-state index is 0.424. The topological polar surface area (TPSA) is 12.0 Å². The van der Waals surface area contributed by atoms with Gasteiger partial charge in [0.05, 0.1) is 0 Å². The Morgan fingerprint density at radius 3 is 2.40 bits per heavy atom. The van der Waals surface area contributed by atoms with Gasteiger partial charge in [-0.2, -0.15) is 11.8 Å². The van der Waals surface area contributed by atoms with Crippen LogP contribution in [0.15, 0.2) is 28.7 Å². The van der Waals surface area contributed by atoms with Gasteiger partial charge in [-0.3, -0.25) is 0 Å². The second kappa shape index (κ2) is 6.56. The molecule has 0 bridgehead atoms. The van der Waals surface area contributed by atoms with Crippen molar-refractivity contribution < 1.29 is 0 Å². The standard InChI is InChI=1S/C12H18BrNS/c1-9(15-3)8-14-10(2)11-4-6-12(13)7-5-11/h4-7,9-10,14H,8H2,1-3H3.